The van der Waals surface area contributed by atoms with E-state index in [0.717, 1.165) is 0 Å². The van der Waals surface area contributed by atoms with Gasteiger partial charge in [-0.25, -0.2) is 9.97 Å². The fourth-order valence-corrected chi connectivity index (χ4v) is 2.48. The van der Waals surface area contributed by atoms with Gasteiger partial charge in [-0.05, 0) is 67.3 Å². The van der Waals surface area contributed by atoms with Crippen LogP contribution in [0.25, 0.3) is 11.3 Å². The number of pyridine rings is 1. The van der Waals surface area contributed by atoms with Gasteiger partial charge in [0, 0.05) is 95.4 Å². The first-order valence-electron chi connectivity index (χ1n) is 25.2. The maximum absolute atomic E-state index is 14.1. The van der Waals surface area contributed by atoms with Crippen molar-refractivity contribution in [3.05, 3.63) is 95.6 Å². The first-order chi connectivity index (χ1) is 30.5. The molecule has 5 rings (SSSR count). The van der Waals surface area contributed by atoms with Gasteiger partial charge in [0.05, 0.1) is 23.5 Å². The van der Waals surface area contributed by atoms with E-state index in [0.29, 0.717) is 0 Å². The second-order valence-electron chi connectivity index (χ2n) is 6.53. The van der Waals surface area contributed by atoms with E-state index in [1.807, 2.05) is 0 Å². The highest BCUT2D eigenvalue weighted by molar-refractivity contribution is 6.04. The van der Waals surface area contributed by atoms with E-state index < -0.39 is 192 Å². The van der Waals surface area contributed by atoms with Crippen LogP contribution in [0.5, 0.6) is 0 Å². The van der Waals surface area contributed by atoms with Crippen molar-refractivity contribution in [3.8, 4) is 11.3 Å². The molecule has 1 aliphatic heterocycles. The van der Waals surface area contributed by atoms with Crippen LogP contribution in [-0.2, 0) is 6.50 Å². The number of nitrogens with one attached hydrogen (secondary N) is 2. The largest absolute Gasteiger partial charge is 0.324 e. The van der Waals surface area contributed by atoms with E-state index in [2.05, 4.69) is 15.0 Å². The predicted molar refractivity (Wildman–Crippen MR) is 147 cm³/mol. The molecule has 1 saturated heterocycles. The van der Waals surface area contributed by atoms with Crippen LogP contribution in [0, 0.1) is 6.85 Å². The highest BCUT2D eigenvalue weighted by Gasteiger charge is 2.14. The number of likely N-dealkylation sites (N-methyl/N-ethyl adjacent to an activating group) is 1. The van der Waals surface area contributed by atoms with Crippen molar-refractivity contribution < 1.29 is 47.4 Å². The standard InChI is InChI=1S/C29H31N7O/c1-21-5-10-25(18-27(21)34-29-31-13-11-26(33-29)24-4-3-12-30-19-24)32-28(37)23-8-6-22(7-9-23)20-36-16-14-35(2)15-17-36/h3-13,18-19H,14-17,20H2,1-2H3,(H,32,37)(H,31,33,34)/i1D3,2D3,3D,4D,5D,6D,7D,8D,9D,10D,11D,12D,13D,14D2,15D2,16D2,17D2,18D,19D,20D2/hD2. The molecule has 0 saturated carbocycles. The summed E-state index contributed by atoms with van der Waals surface area (Å²) in [5.74, 6) is -3.21. The number of benzene rings is 2. The average molecular weight is 525 g/mol. The van der Waals surface area contributed by atoms with E-state index in [4.69, 9.17) is 42.6 Å². The molecule has 2 aromatic heterocycles. The molecule has 8 nitrogen and oxygen atoms in total. The molecular formula is C29H31N7O. The normalized spacial score (nSPS) is 32.9. The molecule has 1 amide bonds. The van der Waals surface area contributed by atoms with Crippen LogP contribution in [0.1, 0.15) is 61.2 Å². The van der Waals surface area contributed by atoms with Gasteiger partial charge in [-0.1, -0.05) is 18.1 Å². The number of aromatic nitrogens is 3. The van der Waals surface area contributed by atoms with Crippen LogP contribution in [0.2, 0.25) is 2.82 Å². The zero-order chi connectivity index (χ0) is 52.6. The summed E-state index contributed by atoms with van der Waals surface area (Å²) in [5, 5.41) is -0.675. The third-order valence-electron chi connectivity index (χ3n) is 4.06. The average Bonchev–Trinajstić information content (AvgIpc) is 3.16. The SMILES string of the molecule is [2H]c1nc(N([2H])c2c([2H])c(N([2H])C(=O)c3c([2H])c([2H])c(C([2H])([2H])N4C([2H])([2H])C([2H])([2H])N(C([2H])([2H])[2H])C([2H])([2H])C4([2H])[2H])c([2H])c3[2H])c([2H])c([2H])c2C([2H])([2H])[2H])nc(-c2c([2H])nc([2H])c([2H])c2[2H])c1[2H]. The monoisotopic (exact) mass is 524 g/mol. The highest BCUT2D eigenvalue weighted by atomic mass is 16.1. The van der Waals surface area contributed by atoms with Gasteiger partial charge < -0.3 is 15.5 Å². The predicted octanol–water partition coefficient (Wildman–Crippen LogP) is 4.59. The summed E-state index contributed by atoms with van der Waals surface area (Å²) in [4.78, 5) is 23.4. The van der Waals surface area contributed by atoms with E-state index in [1.165, 1.54) is 0 Å². The zero-order valence-electron chi connectivity index (χ0n) is 49.0. The highest BCUT2D eigenvalue weighted by Crippen LogP contribution is 2.24. The molecule has 3 heterocycles. The molecule has 4 aromatic rings. The molecule has 0 aliphatic carbocycles. The molecule has 37 heavy (non-hydrogen) atoms. The number of hydrogen-bond donors (Lipinski definition) is 2. The molecule has 2 aromatic carbocycles. The van der Waals surface area contributed by atoms with Crippen molar-refractivity contribution in [2.75, 3.05) is 43.6 Å². The van der Waals surface area contributed by atoms with E-state index in [9.17, 15) is 4.79 Å². The maximum Gasteiger partial charge on any atom is 0.255 e. The molecular weight excluding hydrogens is 462 g/mol. The van der Waals surface area contributed by atoms with Gasteiger partial charge in [0.2, 0.25) is 5.95 Å². The summed E-state index contributed by atoms with van der Waals surface area (Å²) in [6.07, 6.45) is -2.83. The van der Waals surface area contributed by atoms with Crippen molar-refractivity contribution in [2.45, 2.75) is 13.3 Å². The molecule has 1 aliphatic rings. The molecule has 2 N–H and O–H groups in total. The Hall–Kier alpha value is -4.14. The Morgan fingerprint density at radius 2 is 2.00 bits per heavy atom. The number of carbonyl (C=O) groups excluding carboxylic acids is 1. The van der Waals surface area contributed by atoms with Crippen LogP contribution in [0.15, 0.2) is 78.9 Å². The minimum atomic E-state index is -4.26. The van der Waals surface area contributed by atoms with E-state index >= 15 is 0 Å². The summed E-state index contributed by atoms with van der Waals surface area (Å²) in [6, 6.07) is -13.6. The number of carbonyl (C=O) groups is 1. The lowest BCUT2D eigenvalue weighted by molar-refractivity contribution is 0.102. The van der Waals surface area contributed by atoms with E-state index in [-0.39, 0.29) is 5.31 Å². The minimum absolute atomic E-state index is 0.155. The summed E-state index contributed by atoms with van der Waals surface area (Å²) >= 11 is 0. The van der Waals surface area contributed by atoms with Crippen molar-refractivity contribution in [1.29, 1.82) is 0 Å². The smallest absolute Gasteiger partial charge is 0.255 e. The molecule has 8 heteroatoms. The summed E-state index contributed by atoms with van der Waals surface area (Å²) < 4.78 is 259. The van der Waals surface area contributed by atoms with Gasteiger partial charge in [-0.2, -0.15) is 0 Å². The quantitative estimate of drug-likeness (QED) is 0.366. The summed E-state index contributed by atoms with van der Waals surface area (Å²) in [6.45, 7) is -28.5. The Morgan fingerprint density at radius 1 is 1.14 bits per heavy atom. The lowest BCUT2D eigenvalue weighted by atomic mass is 10.1. The zero-order valence-corrected chi connectivity index (χ0v) is 18.0. The lowest BCUT2D eigenvalue weighted by Gasteiger charge is -2.32. The van der Waals surface area contributed by atoms with Crippen molar-refractivity contribution in [3.63, 3.8) is 0 Å². The third kappa shape index (κ3) is 6.35. The Balaban J connectivity index is 1.73. The fraction of sp³-hybridized carbons (Fsp3) is 0.241. The van der Waals surface area contributed by atoms with Crippen LogP contribution in [-0.4, -0.2) is 63.6 Å². The topological polar surface area (TPSA) is 86.3 Å². The Kier molecular flexibility index (Phi) is 2.21. The first-order valence-corrected chi connectivity index (χ1v) is 9.78. The number of nitrogens with zero attached hydrogens (tertiary/aromatic N) is 5. The number of hydrogen-bond acceptors (Lipinski definition) is 7. The molecule has 0 unspecified atom stereocenters. The fourth-order valence-electron chi connectivity index (χ4n) is 2.48. The van der Waals surface area contributed by atoms with Crippen LogP contribution in [0.4, 0.5) is 17.3 Å². The Labute approximate surface area is 261 Å². The van der Waals surface area contributed by atoms with Crippen molar-refractivity contribution in [1.82, 2.24) is 24.8 Å². The van der Waals surface area contributed by atoms with Crippen molar-refractivity contribution in [2.24, 2.45) is 0 Å². The number of anilines is 3. The second kappa shape index (κ2) is 11.3. The van der Waals surface area contributed by atoms with Gasteiger partial charge in [-0.3, -0.25) is 14.7 Å². The minimum Gasteiger partial charge on any atom is -0.324 e. The van der Waals surface area contributed by atoms with Gasteiger partial charge in [-0.15, -0.1) is 0 Å². The van der Waals surface area contributed by atoms with Crippen LogP contribution >= 0.6 is 0 Å². The number of piperazine rings is 1. The van der Waals surface area contributed by atoms with Gasteiger partial charge in [0.15, 0.2) is 2.82 Å². The molecule has 1 fully saturated rings. The van der Waals surface area contributed by atoms with Gasteiger partial charge in [0.1, 0.15) is 0 Å². The van der Waals surface area contributed by atoms with Gasteiger partial charge >= 0.3 is 0 Å². The number of rotatable bonds is 7. The maximum atomic E-state index is 14.1. The third-order valence-corrected chi connectivity index (χ3v) is 4.06. The number of amides is 1. The van der Waals surface area contributed by atoms with Crippen LogP contribution < -0.4 is 10.6 Å². The molecule has 0 atom stereocenters. The van der Waals surface area contributed by atoms with E-state index in [1.54, 1.807) is 0 Å². The second-order valence-corrected chi connectivity index (χ2v) is 6.53. The lowest BCUT2D eigenvalue weighted by Crippen LogP contribution is -2.43. The Bertz CT molecular complexity index is 2720. The molecule has 0 spiro atoms. The Morgan fingerprint density at radius 3 is 2.81 bits per heavy atom. The molecule has 0 radical (unpaired) electrons. The molecule has 188 valence electrons. The summed E-state index contributed by atoms with van der Waals surface area (Å²) in [7, 11) is 0. The first kappa shape index (κ1) is 7.24. The summed E-state index contributed by atoms with van der Waals surface area (Å²) in [5.41, 5.74) is -8.84. The van der Waals surface area contributed by atoms with Crippen LogP contribution in [0.3, 0.4) is 0 Å². The van der Waals surface area contributed by atoms with Gasteiger partial charge in [0.25, 0.3) is 5.91 Å². The van der Waals surface area contributed by atoms with Crippen molar-refractivity contribution >= 4 is 23.2 Å². The molecule has 0 bridgehead atoms.